The number of carbonyl (C=O) groups is 2. The van der Waals surface area contributed by atoms with Crippen LogP contribution in [0, 0.1) is 0 Å². The van der Waals surface area contributed by atoms with Crippen LogP contribution in [-0.4, -0.2) is 24.5 Å². The van der Waals surface area contributed by atoms with E-state index < -0.39 is 5.97 Å². The molecule has 0 fully saturated rings. The first-order valence-corrected chi connectivity index (χ1v) is 4.30. The van der Waals surface area contributed by atoms with E-state index in [1.807, 2.05) is 0 Å². The van der Waals surface area contributed by atoms with Gasteiger partial charge >= 0.3 is 5.97 Å². The summed E-state index contributed by atoms with van der Waals surface area (Å²) in [7, 11) is 1.44. The van der Waals surface area contributed by atoms with Gasteiger partial charge in [-0.25, -0.2) is 4.79 Å². The van der Waals surface area contributed by atoms with Crippen molar-refractivity contribution in [3.63, 3.8) is 0 Å². The van der Waals surface area contributed by atoms with Crippen LogP contribution < -0.4 is 4.74 Å². The van der Waals surface area contributed by atoms with Gasteiger partial charge in [0.05, 0.1) is 18.2 Å². The fourth-order valence-electron chi connectivity index (χ4n) is 1.57. The minimum atomic E-state index is -0.969. The van der Waals surface area contributed by atoms with Gasteiger partial charge in [0, 0.05) is 0 Å². The minimum Gasteiger partial charge on any atom is -0.496 e. The molecule has 0 spiro atoms. The molecule has 0 radical (unpaired) electrons. The maximum absolute atomic E-state index is 10.7. The maximum atomic E-state index is 10.7. The summed E-state index contributed by atoms with van der Waals surface area (Å²) in [6.07, 6.45) is 2.22. The second-order valence-corrected chi connectivity index (χ2v) is 3.16. The Labute approximate surface area is 85.8 Å². The number of rotatable bonds is 3. The van der Waals surface area contributed by atoms with Crippen LogP contribution in [0.5, 0.6) is 5.75 Å². The van der Waals surface area contributed by atoms with E-state index >= 15 is 0 Å². The molecule has 1 aliphatic carbocycles. The number of aliphatic carboxylic acids is 1. The minimum absolute atomic E-state index is 0.251. The zero-order chi connectivity index (χ0) is 11.0. The molecule has 2 rings (SSSR count). The van der Waals surface area contributed by atoms with Gasteiger partial charge in [-0.2, -0.15) is 0 Å². The quantitative estimate of drug-likeness (QED) is 0.757. The first-order valence-electron chi connectivity index (χ1n) is 4.30. The normalized spacial score (nSPS) is 12.2. The van der Waals surface area contributed by atoms with Gasteiger partial charge in [0.15, 0.2) is 6.29 Å². The Balaban J connectivity index is 2.50. The monoisotopic (exact) mass is 204 g/mol. The zero-order valence-corrected chi connectivity index (χ0v) is 7.98. The van der Waals surface area contributed by atoms with Crippen LogP contribution in [0.3, 0.4) is 0 Å². The van der Waals surface area contributed by atoms with E-state index in [-0.39, 0.29) is 5.57 Å². The Morgan fingerprint density at radius 2 is 2.20 bits per heavy atom. The van der Waals surface area contributed by atoms with Crippen molar-refractivity contribution < 1.29 is 19.4 Å². The molecule has 0 unspecified atom stereocenters. The molecule has 0 bridgehead atoms. The molecule has 0 saturated heterocycles. The molecule has 4 heteroatoms. The number of aldehydes is 1. The average molecular weight is 204 g/mol. The molecular formula is C11H8O4. The van der Waals surface area contributed by atoms with E-state index in [9.17, 15) is 9.59 Å². The van der Waals surface area contributed by atoms with E-state index in [1.165, 1.54) is 13.2 Å². The van der Waals surface area contributed by atoms with Gasteiger partial charge in [-0.05, 0) is 29.3 Å². The lowest BCUT2D eigenvalue weighted by Crippen LogP contribution is -2.09. The number of carboxylic acid groups (broad SMARTS) is 1. The summed E-state index contributed by atoms with van der Waals surface area (Å²) in [6, 6.07) is 3.19. The molecule has 1 aromatic carbocycles. The van der Waals surface area contributed by atoms with Crippen molar-refractivity contribution in [2.75, 3.05) is 7.11 Å². The summed E-state index contributed by atoms with van der Waals surface area (Å²) in [5, 5.41) is 8.79. The molecule has 0 amide bonds. The highest BCUT2D eigenvalue weighted by atomic mass is 16.5. The predicted molar refractivity (Wildman–Crippen MR) is 53.9 cm³/mol. The van der Waals surface area contributed by atoms with Crippen LogP contribution in [0.15, 0.2) is 12.1 Å². The van der Waals surface area contributed by atoms with E-state index in [0.29, 0.717) is 23.2 Å². The number of hydrogen-bond acceptors (Lipinski definition) is 3. The molecule has 4 nitrogen and oxygen atoms in total. The van der Waals surface area contributed by atoms with Crippen molar-refractivity contribution in [1.29, 1.82) is 0 Å². The van der Waals surface area contributed by atoms with Crippen LogP contribution >= 0.6 is 0 Å². The number of ether oxygens (including phenoxy) is 1. The van der Waals surface area contributed by atoms with E-state index in [4.69, 9.17) is 9.84 Å². The maximum Gasteiger partial charge on any atom is 0.336 e. The molecule has 76 valence electrons. The molecular weight excluding hydrogens is 196 g/mol. The highest BCUT2D eigenvalue weighted by molar-refractivity contribution is 6.26. The molecule has 1 N–H and O–H groups in total. The van der Waals surface area contributed by atoms with Gasteiger partial charge in [0.2, 0.25) is 0 Å². The number of methoxy groups -OCH3 is 1. The summed E-state index contributed by atoms with van der Waals surface area (Å²) < 4.78 is 4.98. The molecule has 0 aromatic heterocycles. The molecule has 0 saturated carbocycles. The highest BCUT2D eigenvalue weighted by Crippen LogP contribution is 2.36. The van der Waals surface area contributed by atoms with Gasteiger partial charge in [0.1, 0.15) is 5.75 Å². The van der Waals surface area contributed by atoms with Crippen molar-refractivity contribution in [1.82, 2.24) is 0 Å². The number of benzene rings is 1. The van der Waals surface area contributed by atoms with Gasteiger partial charge in [-0.3, -0.25) is 4.79 Å². The van der Waals surface area contributed by atoms with Crippen LogP contribution in [-0.2, 0) is 4.79 Å². The standard InChI is InChI=1S/C11H8O4/c1-15-10-4-8-6(2-7(10)5-12)3-9(8)11(13)14/h2-5H,1H3,(H,13,14). The third-order valence-corrected chi connectivity index (χ3v) is 2.35. The summed E-state index contributed by atoms with van der Waals surface area (Å²) in [5.41, 5.74) is 2.05. The number of carboxylic acids is 1. The van der Waals surface area contributed by atoms with Crippen molar-refractivity contribution in [3.8, 4) is 5.75 Å². The topological polar surface area (TPSA) is 63.6 Å². The highest BCUT2D eigenvalue weighted by Gasteiger charge is 2.24. The van der Waals surface area contributed by atoms with Crippen molar-refractivity contribution in [2.24, 2.45) is 0 Å². The lowest BCUT2D eigenvalue weighted by Gasteiger charge is -2.18. The van der Waals surface area contributed by atoms with E-state index in [0.717, 1.165) is 5.56 Å². The third kappa shape index (κ3) is 1.30. The lowest BCUT2D eigenvalue weighted by atomic mass is 9.87. The molecule has 1 aromatic rings. The van der Waals surface area contributed by atoms with Gasteiger partial charge < -0.3 is 9.84 Å². The molecule has 1 aliphatic rings. The summed E-state index contributed by atoms with van der Waals surface area (Å²) in [4.78, 5) is 21.4. The van der Waals surface area contributed by atoms with Crippen molar-refractivity contribution in [2.45, 2.75) is 0 Å². The second kappa shape index (κ2) is 3.24. The Hall–Kier alpha value is -2.10. The summed E-state index contributed by atoms with van der Waals surface area (Å²) in [5.74, 6) is -0.570. The zero-order valence-electron chi connectivity index (χ0n) is 7.98. The smallest absolute Gasteiger partial charge is 0.336 e. The van der Waals surface area contributed by atoms with Gasteiger partial charge in [0.25, 0.3) is 0 Å². The van der Waals surface area contributed by atoms with E-state index in [1.54, 1.807) is 12.1 Å². The molecule has 0 atom stereocenters. The summed E-state index contributed by atoms with van der Waals surface area (Å²) >= 11 is 0. The fraction of sp³-hybridized carbons (Fsp3) is 0.0909. The number of fused-ring (bicyclic) bond motifs is 1. The SMILES string of the molecule is COc1cc2c(cc1C=O)C=C2C(=O)O. The summed E-state index contributed by atoms with van der Waals surface area (Å²) in [6.45, 7) is 0. The molecule has 0 heterocycles. The van der Waals surface area contributed by atoms with Crippen molar-refractivity contribution >= 4 is 23.9 Å². The number of carbonyl (C=O) groups excluding carboxylic acids is 1. The van der Waals surface area contributed by atoms with E-state index in [2.05, 4.69) is 0 Å². The Bertz CT molecular complexity index is 486. The van der Waals surface area contributed by atoms with Crippen LogP contribution in [0.2, 0.25) is 0 Å². The van der Waals surface area contributed by atoms with Crippen LogP contribution in [0.1, 0.15) is 21.5 Å². The van der Waals surface area contributed by atoms with Crippen LogP contribution in [0.4, 0.5) is 0 Å². The number of hydrogen-bond donors (Lipinski definition) is 1. The first-order chi connectivity index (χ1) is 7.17. The molecule has 15 heavy (non-hydrogen) atoms. The Kier molecular flexibility index (Phi) is 2.04. The average Bonchev–Trinajstić information content (AvgIpc) is 2.19. The van der Waals surface area contributed by atoms with Gasteiger partial charge in [-0.15, -0.1) is 0 Å². The second-order valence-electron chi connectivity index (χ2n) is 3.16. The predicted octanol–water partition coefficient (Wildman–Crippen LogP) is 1.45. The third-order valence-electron chi connectivity index (χ3n) is 2.35. The molecule has 0 aliphatic heterocycles. The fourth-order valence-corrected chi connectivity index (χ4v) is 1.57. The van der Waals surface area contributed by atoms with Crippen molar-refractivity contribution in [3.05, 3.63) is 28.8 Å². The van der Waals surface area contributed by atoms with Crippen LogP contribution in [0.25, 0.3) is 11.6 Å². The Morgan fingerprint density at radius 1 is 1.47 bits per heavy atom. The van der Waals surface area contributed by atoms with Gasteiger partial charge in [-0.1, -0.05) is 0 Å². The first kappa shape index (κ1) is 9.45. The largest absolute Gasteiger partial charge is 0.496 e. The lowest BCUT2D eigenvalue weighted by molar-refractivity contribution is -0.130. The Morgan fingerprint density at radius 3 is 2.73 bits per heavy atom.